The van der Waals surface area contributed by atoms with Crippen LogP contribution in [0.5, 0.6) is 0 Å². The van der Waals surface area contributed by atoms with Gasteiger partial charge in [0.15, 0.2) is 0 Å². The molecule has 0 saturated carbocycles. The second kappa shape index (κ2) is 5.51. The fourth-order valence-corrected chi connectivity index (χ4v) is 2.36. The molecule has 1 aromatic heterocycles. The van der Waals surface area contributed by atoms with Crippen molar-refractivity contribution >= 4 is 0 Å². The van der Waals surface area contributed by atoms with E-state index < -0.39 is 0 Å². The maximum absolute atomic E-state index is 5.50. The minimum absolute atomic E-state index is 0.393. The molecule has 2 unspecified atom stereocenters. The summed E-state index contributed by atoms with van der Waals surface area (Å²) < 4.78 is 5.50. The first-order valence-electron chi connectivity index (χ1n) is 6.32. The third-order valence-corrected chi connectivity index (χ3v) is 3.51. The summed E-state index contributed by atoms with van der Waals surface area (Å²) >= 11 is 0. The number of hydrogen-bond acceptors (Lipinski definition) is 3. The summed E-state index contributed by atoms with van der Waals surface area (Å²) in [7, 11) is 0. The minimum atomic E-state index is 0.393. The van der Waals surface area contributed by atoms with Gasteiger partial charge in [-0.05, 0) is 38.4 Å². The highest BCUT2D eigenvalue weighted by Gasteiger charge is 2.22. The summed E-state index contributed by atoms with van der Waals surface area (Å²) in [5, 5.41) is 3.59. The molecule has 0 bridgehead atoms. The van der Waals surface area contributed by atoms with Crippen LogP contribution in [-0.4, -0.2) is 30.6 Å². The monoisotopic (exact) mass is 222 g/mol. The standard InChI is InChI=1S/C13H22N2O/c1-3-12-10-15(8-5-7-14-12)11(2)13-6-4-9-16-13/h4,6,9,11-12,14H,3,5,7-8,10H2,1-2H3. The lowest BCUT2D eigenvalue weighted by atomic mass is 10.1. The molecular formula is C13H22N2O. The molecule has 0 aromatic carbocycles. The zero-order chi connectivity index (χ0) is 11.4. The van der Waals surface area contributed by atoms with E-state index in [2.05, 4.69) is 30.1 Å². The Morgan fingerprint density at radius 1 is 1.62 bits per heavy atom. The lowest BCUT2D eigenvalue weighted by Gasteiger charge is -2.28. The predicted molar refractivity (Wildman–Crippen MR) is 65.4 cm³/mol. The number of rotatable bonds is 3. The fourth-order valence-electron chi connectivity index (χ4n) is 2.36. The van der Waals surface area contributed by atoms with E-state index in [-0.39, 0.29) is 0 Å². The van der Waals surface area contributed by atoms with E-state index in [0.29, 0.717) is 12.1 Å². The SMILES string of the molecule is CCC1CN(C(C)c2ccco2)CCCN1. The van der Waals surface area contributed by atoms with Crippen LogP contribution in [0.3, 0.4) is 0 Å². The summed E-state index contributed by atoms with van der Waals surface area (Å²) in [5.74, 6) is 1.08. The highest BCUT2D eigenvalue weighted by atomic mass is 16.3. The highest BCUT2D eigenvalue weighted by Crippen LogP contribution is 2.22. The Morgan fingerprint density at radius 3 is 3.19 bits per heavy atom. The van der Waals surface area contributed by atoms with Gasteiger partial charge in [0, 0.05) is 19.1 Å². The van der Waals surface area contributed by atoms with Gasteiger partial charge in [-0.25, -0.2) is 0 Å². The largest absolute Gasteiger partial charge is 0.468 e. The van der Waals surface area contributed by atoms with E-state index >= 15 is 0 Å². The summed E-state index contributed by atoms with van der Waals surface area (Å²) in [6.07, 6.45) is 4.18. The van der Waals surface area contributed by atoms with Crippen LogP contribution in [0.4, 0.5) is 0 Å². The van der Waals surface area contributed by atoms with Gasteiger partial charge in [0.1, 0.15) is 5.76 Å². The first-order chi connectivity index (χ1) is 7.81. The number of nitrogens with one attached hydrogen (secondary N) is 1. The average molecular weight is 222 g/mol. The van der Waals surface area contributed by atoms with Crippen LogP contribution in [0.1, 0.15) is 38.5 Å². The van der Waals surface area contributed by atoms with Crippen LogP contribution in [0.2, 0.25) is 0 Å². The molecule has 3 nitrogen and oxygen atoms in total. The van der Waals surface area contributed by atoms with Crippen LogP contribution >= 0.6 is 0 Å². The zero-order valence-electron chi connectivity index (χ0n) is 10.3. The normalized spacial score (nSPS) is 25.2. The minimum Gasteiger partial charge on any atom is -0.468 e. The van der Waals surface area contributed by atoms with Crippen LogP contribution in [0, 0.1) is 0 Å². The zero-order valence-corrected chi connectivity index (χ0v) is 10.3. The maximum atomic E-state index is 5.50. The molecule has 3 heteroatoms. The van der Waals surface area contributed by atoms with Gasteiger partial charge in [0.05, 0.1) is 12.3 Å². The molecule has 1 aliphatic rings. The third-order valence-electron chi connectivity index (χ3n) is 3.51. The van der Waals surface area contributed by atoms with E-state index in [9.17, 15) is 0 Å². The molecule has 1 aromatic rings. The summed E-state index contributed by atoms with van der Waals surface area (Å²) in [4.78, 5) is 2.52. The van der Waals surface area contributed by atoms with Crippen LogP contribution in [-0.2, 0) is 0 Å². The van der Waals surface area contributed by atoms with Crippen molar-refractivity contribution in [3.8, 4) is 0 Å². The summed E-state index contributed by atoms with van der Waals surface area (Å²) in [6, 6.07) is 5.06. The van der Waals surface area contributed by atoms with E-state index in [1.807, 2.05) is 6.07 Å². The van der Waals surface area contributed by atoms with Crippen molar-refractivity contribution < 1.29 is 4.42 Å². The second-order valence-corrected chi connectivity index (χ2v) is 4.60. The van der Waals surface area contributed by atoms with Gasteiger partial charge in [-0.2, -0.15) is 0 Å². The first-order valence-corrected chi connectivity index (χ1v) is 6.32. The Kier molecular flexibility index (Phi) is 4.02. The fraction of sp³-hybridized carbons (Fsp3) is 0.692. The molecule has 1 fully saturated rings. The van der Waals surface area contributed by atoms with Crippen LogP contribution in [0.25, 0.3) is 0 Å². The van der Waals surface area contributed by atoms with Gasteiger partial charge in [0.2, 0.25) is 0 Å². The van der Waals surface area contributed by atoms with Crippen LogP contribution < -0.4 is 5.32 Å². The van der Waals surface area contributed by atoms with Crippen molar-refractivity contribution in [3.63, 3.8) is 0 Å². The van der Waals surface area contributed by atoms with Crippen molar-refractivity contribution in [2.75, 3.05) is 19.6 Å². The second-order valence-electron chi connectivity index (χ2n) is 4.60. The number of nitrogens with zero attached hydrogens (tertiary/aromatic N) is 1. The van der Waals surface area contributed by atoms with Crippen molar-refractivity contribution in [2.45, 2.75) is 38.8 Å². The van der Waals surface area contributed by atoms with Crippen LogP contribution in [0.15, 0.2) is 22.8 Å². The first kappa shape index (κ1) is 11.7. The summed E-state index contributed by atoms with van der Waals surface area (Å²) in [6.45, 7) is 7.90. The maximum Gasteiger partial charge on any atom is 0.120 e. The summed E-state index contributed by atoms with van der Waals surface area (Å²) in [5.41, 5.74) is 0. The highest BCUT2D eigenvalue weighted by molar-refractivity contribution is 5.04. The van der Waals surface area contributed by atoms with E-state index in [0.717, 1.165) is 25.4 Å². The van der Waals surface area contributed by atoms with Gasteiger partial charge in [-0.15, -0.1) is 0 Å². The Hall–Kier alpha value is -0.800. The molecular weight excluding hydrogens is 200 g/mol. The van der Waals surface area contributed by atoms with Crippen molar-refractivity contribution in [2.24, 2.45) is 0 Å². The Bertz CT molecular complexity index is 297. The van der Waals surface area contributed by atoms with E-state index in [1.165, 1.54) is 12.8 Å². The number of furan rings is 1. The molecule has 1 aliphatic heterocycles. The molecule has 2 heterocycles. The molecule has 1 saturated heterocycles. The van der Waals surface area contributed by atoms with Crippen molar-refractivity contribution in [1.29, 1.82) is 0 Å². The molecule has 16 heavy (non-hydrogen) atoms. The molecule has 90 valence electrons. The average Bonchev–Trinajstić information content (AvgIpc) is 2.73. The molecule has 0 spiro atoms. The van der Waals surface area contributed by atoms with Gasteiger partial charge in [0.25, 0.3) is 0 Å². The Morgan fingerprint density at radius 2 is 2.50 bits per heavy atom. The van der Waals surface area contributed by atoms with E-state index in [4.69, 9.17) is 4.42 Å². The number of hydrogen-bond donors (Lipinski definition) is 1. The Balaban J connectivity index is 2.01. The van der Waals surface area contributed by atoms with Gasteiger partial charge in [-0.1, -0.05) is 6.92 Å². The lowest BCUT2D eigenvalue weighted by molar-refractivity contribution is 0.183. The molecule has 2 rings (SSSR count). The van der Waals surface area contributed by atoms with Gasteiger partial charge >= 0.3 is 0 Å². The van der Waals surface area contributed by atoms with Crippen molar-refractivity contribution in [1.82, 2.24) is 10.2 Å². The smallest absolute Gasteiger partial charge is 0.120 e. The molecule has 0 amide bonds. The molecule has 0 aliphatic carbocycles. The topological polar surface area (TPSA) is 28.4 Å². The molecule has 0 radical (unpaired) electrons. The Labute approximate surface area is 97.8 Å². The quantitative estimate of drug-likeness (QED) is 0.851. The van der Waals surface area contributed by atoms with Gasteiger partial charge < -0.3 is 9.73 Å². The third kappa shape index (κ3) is 2.66. The molecule has 2 atom stereocenters. The predicted octanol–water partition coefficient (Wildman–Crippen LogP) is 2.41. The lowest BCUT2D eigenvalue weighted by Crippen LogP contribution is -2.38. The molecule has 1 N–H and O–H groups in total. The van der Waals surface area contributed by atoms with Gasteiger partial charge in [-0.3, -0.25) is 4.90 Å². The van der Waals surface area contributed by atoms with E-state index in [1.54, 1.807) is 6.26 Å². The van der Waals surface area contributed by atoms with Crippen molar-refractivity contribution in [3.05, 3.63) is 24.2 Å².